The summed E-state index contributed by atoms with van der Waals surface area (Å²) in [5.74, 6) is -0.0850. The Kier molecular flexibility index (Phi) is 7.09. The van der Waals surface area contributed by atoms with Crippen molar-refractivity contribution in [2.45, 2.75) is 19.1 Å². The number of rotatable bonds is 8. The van der Waals surface area contributed by atoms with Gasteiger partial charge >= 0.3 is 6.18 Å². The van der Waals surface area contributed by atoms with Crippen LogP contribution in [0.25, 0.3) is 11.4 Å². The van der Waals surface area contributed by atoms with E-state index in [0.29, 0.717) is 5.56 Å². The van der Waals surface area contributed by atoms with Gasteiger partial charge in [0, 0.05) is 42.8 Å². The molecule has 0 aliphatic rings. The standard InChI is InChI=1S/C25H19F3N4O4/c26-25(27,28)20-11-9-18(10-12-20)24(33)31(16-17-5-2-1-3-6-17)14-13-22-29-23(30-36-22)19-7-4-8-21(15-19)32(34)35/h1-12,15H,13-14,16H2. The molecule has 0 N–H and O–H groups in total. The van der Waals surface area contributed by atoms with Crippen molar-refractivity contribution in [2.24, 2.45) is 0 Å². The molecule has 8 nitrogen and oxygen atoms in total. The van der Waals surface area contributed by atoms with Gasteiger partial charge in [0.1, 0.15) is 0 Å². The molecule has 1 heterocycles. The molecule has 4 aromatic rings. The molecule has 3 aromatic carbocycles. The summed E-state index contributed by atoms with van der Waals surface area (Å²) in [7, 11) is 0. The van der Waals surface area contributed by atoms with Crippen LogP contribution in [-0.4, -0.2) is 32.4 Å². The van der Waals surface area contributed by atoms with E-state index < -0.39 is 22.6 Å². The Labute approximate surface area is 203 Å². The SMILES string of the molecule is O=C(c1ccc(C(F)(F)F)cc1)N(CCc1nc(-c2cccc([N+](=O)[O-])c2)no1)Cc1ccccc1. The monoisotopic (exact) mass is 496 g/mol. The summed E-state index contributed by atoms with van der Waals surface area (Å²) in [4.78, 5) is 29.4. The number of amides is 1. The summed E-state index contributed by atoms with van der Waals surface area (Å²) < 4.78 is 44.0. The lowest BCUT2D eigenvalue weighted by Gasteiger charge is -2.22. The zero-order valence-electron chi connectivity index (χ0n) is 18.7. The van der Waals surface area contributed by atoms with Crippen LogP contribution in [0.5, 0.6) is 0 Å². The Morgan fingerprint density at radius 3 is 2.39 bits per heavy atom. The summed E-state index contributed by atoms with van der Waals surface area (Å²) in [6.07, 6.45) is -4.33. The van der Waals surface area contributed by atoms with Crippen LogP contribution in [0.15, 0.2) is 83.4 Å². The predicted octanol–water partition coefficient (Wildman–Crippen LogP) is 5.55. The number of hydrogen-bond donors (Lipinski definition) is 0. The lowest BCUT2D eigenvalue weighted by molar-refractivity contribution is -0.384. The first-order chi connectivity index (χ1) is 17.2. The molecule has 0 aliphatic heterocycles. The number of non-ortho nitro benzene ring substituents is 1. The number of hydrogen-bond acceptors (Lipinski definition) is 6. The van der Waals surface area contributed by atoms with E-state index >= 15 is 0 Å². The summed E-state index contributed by atoms with van der Waals surface area (Å²) in [5.41, 5.74) is 0.395. The molecular formula is C25H19F3N4O4. The second kappa shape index (κ2) is 10.4. The maximum absolute atomic E-state index is 13.2. The Hall–Kier alpha value is -4.54. The van der Waals surface area contributed by atoms with Crippen molar-refractivity contribution < 1.29 is 27.4 Å². The Morgan fingerprint density at radius 1 is 1.00 bits per heavy atom. The molecule has 0 unspecified atom stereocenters. The maximum Gasteiger partial charge on any atom is 0.416 e. The zero-order chi connectivity index (χ0) is 25.7. The third-order valence-electron chi connectivity index (χ3n) is 5.34. The first-order valence-electron chi connectivity index (χ1n) is 10.8. The van der Waals surface area contributed by atoms with Crippen LogP contribution in [0, 0.1) is 10.1 Å². The number of nitrogens with zero attached hydrogens (tertiary/aromatic N) is 4. The van der Waals surface area contributed by atoms with Crippen LogP contribution in [0.1, 0.15) is 27.4 Å². The molecule has 0 atom stereocenters. The molecule has 0 bridgehead atoms. The molecule has 1 amide bonds. The highest BCUT2D eigenvalue weighted by molar-refractivity contribution is 5.94. The molecule has 184 valence electrons. The second-order valence-corrected chi connectivity index (χ2v) is 7.86. The molecule has 11 heteroatoms. The molecule has 0 saturated carbocycles. The van der Waals surface area contributed by atoms with Crippen molar-refractivity contribution in [3.63, 3.8) is 0 Å². The fraction of sp³-hybridized carbons (Fsp3) is 0.160. The van der Waals surface area contributed by atoms with Crippen LogP contribution < -0.4 is 0 Å². The average Bonchev–Trinajstić information content (AvgIpc) is 3.35. The first kappa shape index (κ1) is 24.6. The van der Waals surface area contributed by atoms with Crippen molar-refractivity contribution in [3.8, 4) is 11.4 Å². The van der Waals surface area contributed by atoms with Crippen LogP contribution in [-0.2, 0) is 19.1 Å². The zero-order valence-corrected chi connectivity index (χ0v) is 18.7. The summed E-state index contributed by atoms with van der Waals surface area (Å²) >= 11 is 0. The molecular weight excluding hydrogens is 477 g/mol. The first-order valence-corrected chi connectivity index (χ1v) is 10.8. The maximum atomic E-state index is 13.2. The number of carbonyl (C=O) groups excluding carboxylic acids is 1. The summed E-state index contributed by atoms with van der Waals surface area (Å²) in [5, 5.41) is 14.9. The van der Waals surface area contributed by atoms with Crippen molar-refractivity contribution >= 4 is 11.6 Å². The molecule has 0 aliphatic carbocycles. The van der Waals surface area contributed by atoms with Crippen LogP contribution >= 0.6 is 0 Å². The topological polar surface area (TPSA) is 102 Å². The van der Waals surface area contributed by atoms with Crippen LogP contribution in [0.4, 0.5) is 18.9 Å². The Balaban J connectivity index is 1.52. The summed E-state index contributed by atoms with van der Waals surface area (Å²) in [6, 6.07) is 19.0. The van der Waals surface area contributed by atoms with E-state index in [9.17, 15) is 28.1 Å². The number of nitro benzene ring substituents is 1. The van der Waals surface area contributed by atoms with Gasteiger partial charge in [-0.25, -0.2) is 0 Å². The molecule has 0 saturated heterocycles. The Morgan fingerprint density at radius 2 is 1.72 bits per heavy atom. The van der Waals surface area contributed by atoms with Gasteiger partial charge in [0.2, 0.25) is 11.7 Å². The average molecular weight is 496 g/mol. The predicted molar refractivity (Wildman–Crippen MR) is 123 cm³/mol. The largest absolute Gasteiger partial charge is 0.416 e. The van der Waals surface area contributed by atoms with Crippen molar-refractivity contribution in [2.75, 3.05) is 6.54 Å². The second-order valence-electron chi connectivity index (χ2n) is 7.86. The van der Waals surface area contributed by atoms with Crippen molar-refractivity contribution in [1.29, 1.82) is 0 Å². The Bertz CT molecular complexity index is 1360. The third-order valence-corrected chi connectivity index (χ3v) is 5.34. The van der Waals surface area contributed by atoms with Crippen molar-refractivity contribution in [1.82, 2.24) is 15.0 Å². The van der Waals surface area contributed by atoms with Crippen LogP contribution in [0.3, 0.4) is 0 Å². The lowest BCUT2D eigenvalue weighted by Crippen LogP contribution is -2.32. The molecule has 36 heavy (non-hydrogen) atoms. The third kappa shape index (κ3) is 5.93. The lowest BCUT2D eigenvalue weighted by atomic mass is 10.1. The van der Waals surface area contributed by atoms with E-state index in [0.717, 1.165) is 29.8 Å². The highest BCUT2D eigenvalue weighted by atomic mass is 19.4. The van der Waals surface area contributed by atoms with E-state index in [1.807, 2.05) is 30.3 Å². The minimum Gasteiger partial charge on any atom is -0.339 e. The molecule has 0 fully saturated rings. The number of nitro groups is 1. The van der Waals surface area contributed by atoms with Gasteiger partial charge in [0.25, 0.3) is 11.6 Å². The van der Waals surface area contributed by atoms with Crippen LogP contribution in [0.2, 0.25) is 0 Å². The van der Waals surface area contributed by atoms with Crippen molar-refractivity contribution in [3.05, 3.63) is 112 Å². The molecule has 0 radical (unpaired) electrons. The highest BCUT2D eigenvalue weighted by Crippen LogP contribution is 2.29. The van der Waals surface area contributed by atoms with E-state index in [1.54, 1.807) is 6.07 Å². The van der Waals surface area contributed by atoms with Gasteiger partial charge in [-0.2, -0.15) is 18.2 Å². The van der Waals surface area contributed by atoms with E-state index in [4.69, 9.17) is 4.52 Å². The molecule has 1 aromatic heterocycles. The van der Waals surface area contributed by atoms with E-state index in [1.165, 1.54) is 23.1 Å². The number of alkyl halides is 3. The number of benzene rings is 3. The smallest absolute Gasteiger partial charge is 0.339 e. The van der Waals surface area contributed by atoms with Gasteiger partial charge in [-0.3, -0.25) is 14.9 Å². The summed E-state index contributed by atoms with van der Waals surface area (Å²) in [6.45, 7) is 0.359. The molecule has 4 rings (SSSR count). The fourth-order valence-corrected chi connectivity index (χ4v) is 3.50. The van der Waals surface area contributed by atoms with Gasteiger partial charge in [0.05, 0.1) is 10.5 Å². The van der Waals surface area contributed by atoms with E-state index in [-0.39, 0.29) is 42.5 Å². The minimum atomic E-state index is -4.50. The molecule has 0 spiro atoms. The minimum absolute atomic E-state index is 0.113. The number of aromatic nitrogens is 2. The van der Waals surface area contributed by atoms with Gasteiger partial charge in [-0.05, 0) is 29.8 Å². The number of halogens is 3. The quantitative estimate of drug-likeness (QED) is 0.234. The van der Waals surface area contributed by atoms with Gasteiger partial charge in [-0.15, -0.1) is 0 Å². The normalized spacial score (nSPS) is 11.3. The van der Waals surface area contributed by atoms with Gasteiger partial charge < -0.3 is 9.42 Å². The van der Waals surface area contributed by atoms with E-state index in [2.05, 4.69) is 10.1 Å². The van der Waals surface area contributed by atoms with Gasteiger partial charge in [-0.1, -0.05) is 47.6 Å². The van der Waals surface area contributed by atoms with Gasteiger partial charge in [0.15, 0.2) is 0 Å². The number of carbonyl (C=O) groups is 1. The highest BCUT2D eigenvalue weighted by Gasteiger charge is 2.30. The fourth-order valence-electron chi connectivity index (χ4n) is 3.50.